The minimum Gasteiger partial charge on any atom is -0.348 e. The van der Waals surface area contributed by atoms with Gasteiger partial charge in [-0.05, 0) is 0 Å². The van der Waals surface area contributed by atoms with Gasteiger partial charge in [-0.3, -0.25) is 0 Å². The molecule has 12 heavy (non-hydrogen) atoms. The summed E-state index contributed by atoms with van der Waals surface area (Å²) in [5, 5.41) is 8.49. The Morgan fingerprint density at radius 1 is 1.67 bits per heavy atom. The highest BCUT2D eigenvalue weighted by atomic mass is 16.5. The standard InChI is InChI=1S/C7H14N4O/c1-10(2)7-8-4-6(5-9-12)11(7)3/h4,9,12H,5H2,1-3H3. The van der Waals surface area contributed by atoms with E-state index in [9.17, 15) is 0 Å². The molecule has 0 aromatic carbocycles. The molecule has 1 aromatic rings. The first kappa shape index (κ1) is 9.02. The van der Waals surface area contributed by atoms with Crippen molar-refractivity contribution in [1.82, 2.24) is 15.0 Å². The van der Waals surface area contributed by atoms with E-state index >= 15 is 0 Å². The molecule has 5 heteroatoms. The molecular weight excluding hydrogens is 156 g/mol. The van der Waals surface area contributed by atoms with Crippen molar-refractivity contribution in [2.75, 3.05) is 19.0 Å². The lowest BCUT2D eigenvalue weighted by atomic mass is 10.5. The lowest BCUT2D eigenvalue weighted by molar-refractivity contribution is 0.159. The van der Waals surface area contributed by atoms with Gasteiger partial charge in [-0.15, -0.1) is 0 Å². The molecule has 68 valence electrons. The maximum absolute atomic E-state index is 8.49. The Hall–Kier alpha value is -1.07. The number of hydrogen-bond acceptors (Lipinski definition) is 4. The van der Waals surface area contributed by atoms with Gasteiger partial charge in [-0.2, -0.15) is 5.48 Å². The predicted molar refractivity (Wildman–Crippen MR) is 46.2 cm³/mol. The molecule has 0 aliphatic carbocycles. The van der Waals surface area contributed by atoms with Crippen molar-refractivity contribution >= 4 is 5.95 Å². The summed E-state index contributed by atoms with van der Waals surface area (Å²) in [6, 6.07) is 0. The molecule has 5 nitrogen and oxygen atoms in total. The van der Waals surface area contributed by atoms with Crippen LogP contribution in [0.4, 0.5) is 5.95 Å². The number of aromatic nitrogens is 2. The van der Waals surface area contributed by atoms with Crippen LogP contribution in [0.25, 0.3) is 0 Å². The molecule has 0 aliphatic rings. The number of nitrogens with zero attached hydrogens (tertiary/aromatic N) is 3. The summed E-state index contributed by atoms with van der Waals surface area (Å²) in [5.74, 6) is 0.875. The zero-order valence-corrected chi connectivity index (χ0v) is 7.57. The monoisotopic (exact) mass is 170 g/mol. The Morgan fingerprint density at radius 3 is 2.75 bits per heavy atom. The van der Waals surface area contributed by atoms with E-state index in [0.717, 1.165) is 11.6 Å². The molecular formula is C7H14N4O. The maximum atomic E-state index is 8.49. The molecule has 0 radical (unpaired) electrons. The fourth-order valence-corrected chi connectivity index (χ4v) is 1.09. The SMILES string of the molecule is CN(C)c1ncc(CNO)n1C. The van der Waals surface area contributed by atoms with E-state index < -0.39 is 0 Å². The van der Waals surface area contributed by atoms with E-state index in [2.05, 4.69) is 10.5 Å². The smallest absolute Gasteiger partial charge is 0.204 e. The van der Waals surface area contributed by atoms with Gasteiger partial charge in [0.2, 0.25) is 5.95 Å². The van der Waals surface area contributed by atoms with E-state index in [1.165, 1.54) is 0 Å². The van der Waals surface area contributed by atoms with Gasteiger partial charge in [0.25, 0.3) is 0 Å². The molecule has 1 rings (SSSR count). The first-order chi connectivity index (χ1) is 5.66. The Morgan fingerprint density at radius 2 is 2.33 bits per heavy atom. The van der Waals surface area contributed by atoms with Gasteiger partial charge in [0.15, 0.2) is 0 Å². The van der Waals surface area contributed by atoms with Gasteiger partial charge in [0, 0.05) is 21.1 Å². The zero-order valence-electron chi connectivity index (χ0n) is 7.57. The van der Waals surface area contributed by atoms with Gasteiger partial charge < -0.3 is 14.7 Å². The lowest BCUT2D eigenvalue weighted by Crippen LogP contribution is -2.16. The van der Waals surface area contributed by atoms with Gasteiger partial charge in [0.05, 0.1) is 18.4 Å². The predicted octanol–water partition coefficient (Wildman–Crippen LogP) is -0.0351. The fraction of sp³-hybridized carbons (Fsp3) is 0.571. The van der Waals surface area contributed by atoms with Crippen molar-refractivity contribution in [2.45, 2.75) is 6.54 Å². The van der Waals surface area contributed by atoms with E-state index in [-0.39, 0.29) is 0 Å². The first-order valence-electron chi connectivity index (χ1n) is 3.71. The molecule has 0 atom stereocenters. The molecule has 2 N–H and O–H groups in total. The number of anilines is 1. The van der Waals surface area contributed by atoms with Crippen LogP contribution in [0.3, 0.4) is 0 Å². The highest BCUT2D eigenvalue weighted by Gasteiger charge is 2.06. The second-order valence-corrected chi connectivity index (χ2v) is 2.84. The van der Waals surface area contributed by atoms with E-state index in [1.54, 1.807) is 6.20 Å². The summed E-state index contributed by atoms with van der Waals surface area (Å²) in [6.07, 6.45) is 1.73. The van der Waals surface area contributed by atoms with Crippen LogP contribution in [-0.4, -0.2) is 28.9 Å². The minimum absolute atomic E-state index is 0.414. The van der Waals surface area contributed by atoms with Crippen LogP contribution in [0.1, 0.15) is 5.69 Å². The molecule has 1 heterocycles. The van der Waals surface area contributed by atoms with Crippen molar-refractivity contribution in [3.63, 3.8) is 0 Å². The molecule has 0 saturated heterocycles. The minimum atomic E-state index is 0.414. The number of imidazole rings is 1. The molecule has 0 spiro atoms. The summed E-state index contributed by atoms with van der Waals surface area (Å²) in [5.41, 5.74) is 3.04. The largest absolute Gasteiger partial charge is 0.348 e. The average Bonchev–Trinajstić information content (AvgIpc) is 2.34. The van der Waals surface area contributed by atoms with Gasteiger partial charge in [0.1, 0.15) is 0 Å². The van der Waals surface area contributed by atoms with Crippen molar-refractivity contribution in [3.05, 3.63) is 11.9 Å². The number of rotatable bonds is 3. The maximum Gasteiger partial charge on any atom is 0.204 e. The third kappa shape index (κ3) is 1.57. The van der Waals surface area contributed by atoms with Gasteiger partial charge in [-0.25, -0.2) is 4.98 Å². The summed E-state index contributed by atoms with van der Waals surface area (Å²) < 4.78 is 1.92. The summed E-state index contributed by atoms with van der Waals surface area (Å²) in [6.45, 7) is 0.414. The second-order valence-electron chi connectivity index (χ2n) is 2.84. The summed E-state index contributed by atoms with van der Waals surface area (Å²) in [4.78, 5) is 6.09. The molecule has 0 unspecified atom stereocenters. The van der Waals surface area contributed by atoms with E-state index in [1.807, 2.05) is 30.6 Å². The van der Waals surface area contributed by atoms with Crippen LogP contribution in [0.5, 0.6) is 0 Å². The molecule has 0 saturated carbocycles. The van der Waals surface area contributed by atoms with Crippen molar-refractivity contribution in [2.24, 2.45) is 7.05 Å². The summed E-state index contributed by atoms with van der Waals surface area (Å²) >= 11 is 0. The van der Waals surface area contributed by atoms with Gasteiger partial charge in [-0.1, -0.05) is 0 Å². The molecule has 0 amide bonds. The van der Waals surface area contributed by atoms with Crippen LogP contribution in [0.2, 0.25) is 0 Å². The van der Waals surface area contributed by atoms with Crippen LogP contribution < -0.4 is 10.4 Å². The first-order valence-corrected chi connectivity index (χ1v) is 3.71. The van der Waals surface area contributed by atoms with Crippen LogP contribution in [0, 0.1) is 0 Å². The Bertz CT molecular complexity index is 256. The average molecular weight is 170 g/mol. The Balaban J connectivity index is 2.88. The number of hydroxylamine groups is 1. The third-order valence-corrected chi connectivity index (χ3v) is 1.72. The highest BCUT2D eigenvalue weighted by Crippen LogP contribution is 2.09. The van der Waals surface area contributed by atoms with Crippen LogP contribution in [0.15, 0.2) is 6.20 Å². The Kier molecular flexibility index (Phi) is 2.67. The van der Waals surface area contributed by atoms with E-state index in [4.69, 9.17) is 5.21 Å². The second kappa shape index (κ2) is 3.55. The number of nitrogens with one attached hydrogen (secondary N) is 1. The van der Waals surface area contributed by atoms with Crippen molar-refractivity contribution < 1.29 is 5.21 Å². The zero-order chi connectivity index (χ0) is 9.14. The van der Waals surface area contributed by atoms with Crippen molar-refractivity contribution in [3.8, 4) is 0 Å². The van der Waals surface area contributed by atoms with Crippen LogP contribution >= 0.6 is 0 Å². The highest BCUT2D eigenvalue weighted by molar-refractivity contribution is 5.30. The van der Waals surface area contributed by atoms with Crippen molar-refractivity contribution in [1.29, 1.82) is 0 Å². The summed E-state index contributed by atoms with van der Waals surface area (Å²) in [7, 11) is 5.77. The Labute approximate surface area is 71.6 Å². The molecule has 1 aromatic heterocycles. The normalized spacial score (nSPS) is 10.3. The number of hydrogen-bond donors (Lipinski definition) is 2. The fourth-order valence-electron chi connectivity index (χ4n) is 1.09. The lowest BCUT2D eigenvalue weighted by Gasteiger charge is -2.12. The topological polar surface area (TPSA) is 53.3 Å². The van der Waals surface area contributed by atoms with E-state index in [0.29, 0.717) is 6.54 Å². The van der Waals surface area contributed by atoms with Gasteiger partial charge >= 0.3 is 0 Å². The molecule has 0 aliphatic heterocycles. The molecule has 0 bridgehead atoms. The quantitative estimate of drug-likeness (QED) is 0.625. The van der Waals surface area contributed by atoms with Crippen LogP contribution in [-0.2, 0) is 13.6 Å². The third-order valence-electron chi connectivity index (χ3n) is 1.72. The molecule has 0 fully saturated rings.